The SMILES string of the molecule is CCOCc1ccc(C)c(Nc2ncc(-c3c(Cl)cncc3Cl)o2)c1. The number of nitrogens with one attached hydrogen (secondary N) is 1. The Morgan fingerprint density at radius 1 is 1.16 bits per heavy atom. The standard InChI is InChI=1S/C18H17Cl2N3O2/c1-3-24-10-12-5-4-11(2)15(6-12)23-18-22-9-16(25-18)17-13(19)7-21-8-14(17)20/h4-9H,3,10H2,1-2H3,(H,22,23). The third kappa shape index (κ3) is 4.12. The molecule has 25 heavy (non-hydrogen) atoms. The van der Waals surface area contributed by atoms with Gasteiger partial charge in [0.15, 0.2) is 5.76 Å². The van der Waals surface area contributed by atoms with Crippen molar-refractivity contribution < 1.29 is 9.15 Å². The lowest BCUT2D eigenvalue weighted by atomic mass is 10.1. The third-order valence-corrected chi connectivity index (χ3v) is 4.20. The average Bonchev–Trinajstić information content (AvgIpc) is 3.03. The van der Waals surface area contributed by atoms with Crippen LogP contribution in [-0.4, -0.2) is 16.6 Å². The van der Waals surface area contributed by atoms with E-state index in [-0.39, 0.29) is 0 Å². The summed E-state index contributed by atoms with van der Waals surface area (Å²) in [7, 11) is 0. The molecular weight excluding hydrogens is 361 g/mol. The van der Waals surface area contributed by atoms with Gasteiger partial charge in [-0.1, -0.05) is 35.3 Å². The summed E-state index contributed by atoms with van der Waals surface area (Å²) in [5, 5.41) is 4.00. The fraction of sp³-hybridized carbons (Fsp3) is 0.222. The molecule has 3 aromatic rings. The number of rotatable bonds is 6. The van der Waals surface area contributed by atoms with Gasteiger partial charge >= 0.3 is 0 Å². The van der Waals surface area contributed by atoms with Crippen molar-refractivity contribution in [2.45, 2.75) is 20.5 Å². The summed E-state index contributed by atoms with van der Waals surface area (Å²) in [6.07, 6.45) is 4.61. The second-order valence-corrected chi connectivity index (χ2v) is 6.23. The van der Waals surface area contributed by atoms with Gasteiger partial charge < -0.3 is 14.5 Å². The van der Waals surface area contributed by atoms with Crippen LogP contribution in [0.25, 0.3) is 11.3 Å². The molecule has 130 valence electrons. The quantitative estimate of drug-likeness (QED) is 0.602. The van der Waals surface area contributed by atoms with E-state index in [0.717, 1.165) is 16.8 Å². The highest BCUT2D eigenvalue weighted by molar-refractivity contribution is 6.38. The molecular formula is C18H17Cl2N3O2. The molecule has 0 amide bonds. The van der Waals surface area contributed by atoms with Crippen LogP contribution in [0.3, 0.4) is 0 Å². The molecule has 5 nitrogen and oxygen atoms in total. The average molecular weight is 378 g/mol. The molecule has 0 aliphatic carbocycles. The Hall–Kier alpha value is -2.08. The summed E-state index contributed by atoms with van der Waals surface area (Å²) < 4.78 is 11.2. The summed E-state index contributed by atoms with van der Waals surface area (Å²) in [5.41, 5.74) is 3.61. The zero-order valence-corrected chi connectivity index (χ0v) is 15.4. The Balaban J connectivity index is 1.84. The number of halogens is 2. The van der Waals surface area contributed by atoms with Gasteiger partial charge in [0.2, 0.25) is 0 Å². The number of nitrogens with zero attached hydrogens (tertiary/aromatic N) is 2. The van der Waals surface area contributed by atoms with Crippen LogP contribution in [0.15, 0.2) is 41.2 Å². The summed E-state index contributed by atoms with van der Waals surface area (Å²) in [4.78, 5) is 8.19. The van der Waals surface area contributed by atoms with E-state index in [2.05, 4.69) is 15.3 Å². The maximum atomic E-state index is 6.16. The Bertz CT molecular complexity index is 860. The van der Waals surface area contributed by atoms with Gasteiger partial charge in [-0.15, -0.1) is 0 Å². The number of ether oxygens (including phenoxy) is 1. The summed E-state index contributed by atoms with van der Waals surface area (Å²) in [6.45, 7) is 5.21. The van der Waals surface area contributed by atoms with E-state index >= 15 is 0 Å². The van der Waals surface area contributed by atoms with Crippen molar-refractivity contribution in [2.24, 2.45) is 0 Å². The first-order valence-corrected chi connectivity index (χ1v) is 8.53. The maximum Gasteiger partial charge on any atom is 0.299 e. The van der Waals surface area contributed by atoms with Crippen molar-refractivity contribution in [1.29, 1.82) is 0 Å². The van der Waals surface area contributed by atoms with Crippen LogP contribution in [0, 0.1) is 6.92 Å². The molecule has 7 heteroatoms. The van der Waals surface area contributed by atoms with Crippen molar-refractivity contribution in [2.75, 3.05) is 11.9 Å². The van der Waals surface area contributed by atoms with Crippen molar-refractivity contribution >= 4 is 34.9 Å². The molecule has 1 aromatic carbocycles. The number of anilines is 2. The molecule has 0 aliphatic rings. The van der Waals surface area contributed by atoms with E-state index in [1.807, 2.05) is 32.0 Å². The minimum atomic E-state index is 0.357. The first kappa shape index (κ1) is 17.7. The Kier molecular flexibility index (Phi) is 5.58. The summed E-state index contributed by atoms with van der Waals surface area (Å²) in [6, 6.07) is 6.43. The van der Waals surface area contributed by atoms with E-state index in [0.29, 0.717) is 40.6 Å². The van der Waals surface area contributed by atoms with Crippen LogP contribution in [0.1, 0.15) is 18.1 Å². The number of oxazole rings is 1. The number of hydrogen-bond donors (Lipinski definition) is 1. The Morgan fingerprint density at radius 2 is 1.92 bits per heavy atom. The van der Waals surface area contributed by atoms with Crippen LogP contribution < -0.4 is 5.32 Å². The van der Waals surface area contributed by atoms with Crippen LogP contribution in [-0.2, 0) is 11.3 Å². The van der Waals surface area contributed by atoms with Gasteiger partial charge in [0, 0.05) is 24.7 Å². The molecule has 0 aliphatic heterocycles. The van der Waals surface area contributed by atoms with E-state index in [4.69, 9.17) is 32.4 Å². The van der Waals surface area contributed by atoms with E-state index < -0.39 is 0 Å². The smallest absolute Gasteiger partial charge is 0.299 e. The molecule has 2 heterocycles. The minimum absolute atomic E-state index is 0.357. The van der Waals surface area contributed by atoms with E-state index in [9.17, 15) is 0 Å². The van der Waals surface area contributed by atoms with Crippen molar-refractivity contribution in [3.8, 4) is 11.3 Å². The van der Waals surface area contributed by atoms with Crippen LogP contribution in [0.5, 0.6) is 0 Å². The number of aromatic nitrogens is 2. The first-order valence-electron chi connectivity index (χ1n) is 7.78. The molecule has 0 radical (unpaired) electrons. The van der Waals surface area contributed by atoms with E-state index in [1.165, 1.54) is 12.4 Å². The molecule has 0 spiro atoms. The molecule has 0 bridgehead atoms. The molecule has 0 saturated heterocycles. The first-order chi connectivity index (χ1) is 12.1. The summed E-state index contributed by atoms with van der Waals surface area (Å²) in [5.74, 6) is 0.475. The zero-order chi connectivity index (χ0) is 17.8. The molecule has 3 rings (SSSR count). The van der Waals surface area contributed by atoms with Gasteiger partial charge in [0.25, 0.3) is 6.01 Å². The number of pyridine rings is 1. The van der Waals surface area contributed by atoms with Crippen LogP contribution in [0.4, 0.5) is 11.7 Å². The minimum Gasteiger partial charge on any atom is -0.423 e. The van der Waals surface area contributed by atoms with Gasteiger partial charge in [0.05, 0.1) is 28.4 Å². The highest BCUT2D eigenvalue weighted by Crippen LogP contribution is 2.35. The third-order valence-electron chi connectivity index (χ3n) is 3.62. The van der Waals surface area contributed by atoms with Crippen LogP contribution >= 0.6 is 23.2 Å². The largest absolute Gasteiger partial charge is 0.423 e. The summed E-state index contributed by atoms with van der Waals surface area (Å²) >= 11 is 12.3. The van der Waals surface area contributed by atoms with Gasteiger partial charge in [-0.3, -0.25) is 4.98 Å². The number of hydrogen-bond acceptors (Lipinski definition) is 5. The molecule has 1 N–H and O–H groups in total. The predicted molar refractivity (Wildman–Crippen MR) is 99.5 cm³/mol. The molecule has 0 atom stereocenters. The molecule has 0 saturated carbocycles. The fourth-order valence-electron chi connectivity index (χ4n) is 2.32. The lowest BCUT2D eigenvalue weighted by Gasteiger charge is -2.09. The molecule has 2 aromatic heterocycles. The van der Waals surface area contributed by atoms with Crippen LogP contribution in [0.2, 0.25) is 10.0 Å². The lowest BCUT2D eigenvalue weighted by molar-refractivity contribution is 0.134. The van der Waals surface area contributed by atoms with Gasteiger partial charge in [0.1, 0.15) is 0 Å². The lowest BCUT2D eigenvalue weighted by Crippen LogP contribution is -1.97. The second kappa shape index (κ2) is 7.87. The molecule has 0 fully saturated rings. The fourth-order valence-corrected chi connectivity index (χ4v) is 2.87. The maximum absolute atomic E-state index is 6.16. The number of aryl methyl sites for hydroxylation is 1. The van der Waals surface area contributed by atoms with Crippen molar-refractivity contribution in [3.05, 3.63) is 58.0 Å². The Labute approximate surface area is 156 Å². The van der Waals surface area contributed by atoms with Crippen molar-refractivity contribution in [1.82, 2.24) is 9.97 Å². The molecule has 0 unspecified atom stereocenters. The zero-order valence-electron chi connectivity index (χ0n) is 13.8. The van der Waals surface area contributed by atoms with Crippen molar-refractivity contribution in [3.63, 3.8) is 0 Å². The van der Waals surface area contributed by atoms with Gasteiger partial charge in [-0.25, -0.2) is 4.98 Å². The Morgan fingerprint density at radius 3 is 2.64 bits per heavy atom. The highest BCUT2D eigenvalue weighted by atomic mass is 35.5. The van der Waals surface area contributed by atoms with Gasteiger partial charge in [-0.2, -0.15) is 0 Å². The monoisotopic (exact) mass is 377 g/mol. The van der Waals surface area contributed by atoms with Gasteiger partial charge in [-0.05, 0) is 31.0 Å². The predicted octanol–water partition coefficient (Wildman–Crippen LogP) is 5.63. The topological polar surface area (TPSA) is 60.2 Å². The second-order valence-electron chi connectivity index (χ2n) is 5.42. The normalized spacial score (nSPS) is 10.9. The number of benzene rings is 1. The van der Waals surface area contributed by atoms with E-state index in [1.54, 1.807) is 6.20 Å². The highest BCUT2D eigenvalue weighted by Gasteiger charge is 2.14.